The van der Waals surface area contributed by atoms with E-state index in [1.807, 2.05) is 54.6 Å². The topological polar surface area (TPSA) is 38.5 Å². The van der Waals surface area contributed by atoms with Gasteiger partial charge < -0.3 is 9.47 Å². The van der Waals surface area contributed by atoms with Gasteiger partial charge in [0.25, 0.3) is 5.79 Å². The summed E-state index contributed by atoms with van der Waals surface area (Å²) in [5, 5.41) is 0. The van der Waals surface area contributed by atoms with Crippen LogP contribution in [-0.4, -0.2) is 30.4 Å². The molecule has 1 fully saturated rings. The van der Waals surface area contributed by atoms with Crippen molar-refractivity contribution in [2.45, 2.75) is 25.3 Å². The van der Waals surface area contributed by atoms with Crippen LogP contribution in [-0.2, 0) is 16.1 Å². The summed E-state index contributed by atoms with van der Waals surface area (Å²) < 4.78 is 25.4. The van der Waals surface area contributed by atoms with Gasteiger partial charge in [0.2, 0.25) is 0 Å². The van der Waals surface area contributed by atoms with E-state index in [2.05, 4.69) is 0 Å². The van der Waals surface area contributed by atoms with Crippen molar-refractivity contribution in [3.8, 4) is 5.75 Å². The quantitative estimate of drug-likeness (QED) is 0.462. The van der Waals surface area contributed by atoms with Gasteiger partial charge in [0.1, 0.15) is 5.75 Å². The fraction of sp³-hybridized carbons (Fsp3) is 0.316. The number of carbonyl (C=O) groups is 1. The minimum Gasteiger partial charge on any atom is -0.497 e. The van der Waals surface area contributed by atoms with E-state index in [1.165, 1.54) is 4.90 Å². The summed E-state index contributed by atoms with van der Waals surface area (Å²) in [5.74, 6) is -2.20. The summed E-state index contributed by atoms with van der Waals surface area (Å²) in [6, 6.07) is 15.9. The molecule has 3 rings (SSSR count). The first-order valence-corrected chi connectivity index (χ1v) is 7.92. The molecule has 3 atom stereocenters. The number of esters is 1. The largest absolute Gasteiger partial charge is 0.497 e. The Balaban J connectivity index is 1.84. The van der Waals surface area contributed by atoms with Crippen LogP contribution in [0.15, 0.2) is 54.6 Å². The van der Waals surface area contributed by atoms with Gasteiger partial charge in [-0.3, -0.25) is 0 Å². The number of carbonyl (C=O) groups excluding carboxylic acids is 1. The van der Waals surface area contributed by atoms with Crippen LogP contribution in [0.2, 0.25) is 0 Å². The lowest BCUT2D eigenvalue weighted by Crippen LogP contribution is -2.27. The highest BCUT2D eigenvalue weighted by Gasteiger charge is 2.71. The molecule has 0 radical (unpaired) electrons. The predicted molar refractivity (Wildman–Crippen MR) is 88.2 cm³/mol. The number of methoxy groups -OCH3 is 1. The van der Waals surface area contributed by atoms with Gasteiger partial charge in [-0.1, -0.05) is 42.5 Å². The Morgan fingerprint density at radius 2 is 1.83 bits per heavy atom. The number of alkyl halides is 1. The number of hydrogen-bond acceptors (Lipinski definition) is 4. The molecule has 5 heteroatoms. The van der Waals surface area contributed by atoms with E-state index in [0.29, 0.717) is 6.54 Å². The second-order valence-corrected chi connectivity index (χ2v) is 5.68. The van der Waals surface area contributed by atoms with Crippen LogP contribution in [0.3, 0.4) is 0 Å². The zero-order valence-corrected chi connectivity index (χ0v) is 13.7. The third-order valence-electron chi connectivity index (χ3n) is 4.21. The average Bonchev–Trinajstić information content (AvgIpc) is 3.22. The van der Waals surface area contributed by atoms with Gasteiger partial charge in [-0.15, -0.1) is 0 Å². The maximum absolute atomic E-state index is 15.4. The maximum Gasteiger partial charge on any atom is 0.361 e. The molecule has 0 saturated carbocycles. The van der Waals surface area contributed by atoms with Crippen molar-refractivity contribution in [3.05, 3.63) is 65.7 Å². The zero-order valence-electron chi connectivity index (χ0n) is 13.7. The molecule has 1 heterocycles. The van der Waals surface area contributed by atoms with Crippen molar-refractivity contribution < 1.29 is 18.7 Å². The first-order chi connectivity index (χ1) is 11.6. The summed E-state index contributed by atoms with van der Waals surface area (Å²) >= 11 is 0. The van der Waals surface area contributed by atoms with Crippen LogP contribution >= 0.6 is 0 Å². The first kappa shape index (κ1) is 16.5. The normalized spacial score (nSPS) is 25.1. The Labute approximate surface area is 140 Å². The van der Waals surface area contributed by atoms with Crippen LogP contribution < -0.4 is 4.74 Å². The molecule has 1 saturated heterocycles. The molecule has 0 N–H and O–H groups in total. The molecule has 126 valence electrons. The number of ether oxygens (including phenoxy) is 2. The predicted octanol–water partition coefficient (Wildman–Crippen LogP) is 3.48. The minimum atomic E-state index is -2.11. The molecule has 4 nitrogen and oxygen atoms in total. The van der Waals surface area contributed by atoms with Crippen LogP contribution in [0, 0.1) is 0 Å². The summed E-state index contributed by atoms with van der Waals surface area (Å²) in [5.41, 5.74) is 1.67. The van der Waals surface area contributed by atoms with Gasteiger partial charge in [-0.05, 0) is 30.2 Å². The lowest BCUT2D eigenvalue weighted by molar-refractivity contribution is -0.153. The lowest BCUT2D eigenvalue weighted by Gasteiger charge is -2.08. The molecule has 0 aromatic heterocycles. The number of benzene rings is 2. The number of nitrogens with zero attached hydrogens (tertiary/aromatic N) is 1. The average molecular weight is 329 g/mol. The third-order valence-corrected chi connectivity index (χ3v) is 4.21. The molecular formula is C19H20FNO3. The van der Waals surface area contributed by atoms with Gasteiger partial charge in [0.15, 0.2) is 0 Å². The Morgan fingerprint density at radius 1 is 1.17 bits per heavy atom. The van der Waals surface area contributed by atoms with Crippen LogP contribution in [0.25, 0.3) is 0 Å². The highest BCUT2D eigenvalue weighted by atomic mass is 19.2. The molecule has 1 aliphatic rings. The number of hydrogen-bond donors (Lipinski definition) is 0. The molecule has 0 aliphatic carbocycles. The Kier molecular flexibility index (Phi) is 4.53. The monoisotopic (exact) mass is 329 g/mol. The Morgan fingerprint density at radius 3 is 2.42 bits per heavy atom. The van der Waals surface area contributed by atoms with E-state index in [-0.39, 0.29) is 6.61 Å². The maximum atomic E-state index is 15.4. The van der Waals surface area contributed by atoms with Crippen LogP contribution in [0.5, 0.6) is 5.75 Å². The van der Waals surface area contributed by atoms with Crippen molar-refractivity contribution in [3.63, 3.8) is 0 Å². The van der Waals surface area contributed by atoms with Gasteiger partial charge in [0, 0.05) is 6.54 Å². The number of halogens is 1. The van der Waals surface area contributed by atoms with E-state index in [9.17, 15) is 4.79 Å². The second-order valence-electron chi connectivity index (χ2n) is 5.68. The smallest absolute Gasteiger partial charge is 0.361 e. The van der Waals surface area contributed by atoms with Crippen molar-refractivity contribution in [1.82, 2.24) is 4.90 Å². The van der Waals surface area contributed by atoms with E-state index < -0.39 is 17.8 Å². The van der Waals surface area contributed by atoms with Crippen molar-refractivity contribution in [2.24, 2.45) is 0 Å². The highest BCUT2D eigenvalue weighted by molar-refractivity contribution is 5.84. The van der Waals surface area contributed by atoms with E-state index in [1.54, 1.807) is 14.0 Å². The fourth-order valence-corrected chi connectivity index (χ4v) is 2.95. The Hall–Kier alpha value is -2.40. The molecule has 0 amide bonds. The summed E-state index contributed by atoms with van der Waals surface area (Å²) in [4.78, 5) is 13.7. The van der Waals surface area contributed by atoms with Gasteiger partial charge in [-0.25, -0.2) is 14.1 Å². The molecule has 24 heavy (non-hydrogen) atoms. The number of rotatable bonds is 6. The van der Waals surface area contributed by atoms with E-state index in [4.69, 9.17) is 9.47 Å². The SMILES string of the molecule is CCOC(=O)C1(F)C(c2ccccc2)N1Cc1ccc(OC)cc1. The summed E-state index contributed by atoms with van der Waals surface area (Å²) in [6.07, 6.45) is 0. The van der Waals surface area contributed by atoms with Gasteiger partial charge in [-0.2, -0.15) is 0 Å². The molecule has 1 aliphatic heterocycles. The van der Waals surface area contributed by atoms with Crippen LogP contribution in [0.4, 0.5) is 4.39 Å². The first-order valence-electron chi connectivity index (χ1n) is 7.92. The second kappa shape index (κ2) is 6.61. The summed E-state index contributed by atoms with van der Waals surface area (Å²) in [7, 11) is 1.60. The fourth-order valence-electron chi connectivity index (χ4n) is 2.95. The van der Waals surface area contributed by atoms with E-state index >= 15 is 4.39 Å². The molecule has 2 aromatic carbocycles. The summed E-state index contributed by atoms with van der Waals surface area (Å²) in [6.45, 7) is 2.15. The third kappa shape index (κ3) is 2.87. The minimum absolute atomic E-state index is 0.155. The van der Waals surface area contributed by atoms with Gasteiger partial charge >= 0.3 is 5.97 Å². The van der Waals surface area contributed by atoms with Crippen molar-refractivity contribution in [1.29, 1.82) is 0 Å². The molecule has 0 spiro atoms. The van der Waals surface area contributed by atoms with Crippen molar-refractivity contribution in [2.75, 3.05) is 13.7 Å². The Bertz CT molecular complexity index is 704. The van der Waals surface area contributed by atoms with Crippen LogP contribution in [0.1, 0.15) is 24.1 Å². The zero-order chi connectivity index (χ0) is 17.2. The molecule has 3 unspecified atom stereocenters. The highest BCUT2D eigenvalue weighted by Crippen LogP contribution is 2.56. The van der Waals surface area contributed by atoms with Crippen molar-refractivity contribution >= 4 is 5.97 Å². The van der Waals surface area contributed by atoms with Gasteiger partial charge in [0.05, 0.1) is 19.8 Å². The molecule has 0 bridgehead atoms. The lowest BCUT2D eigenvalue weighted by atomic mass is 10.1. The molecule has 2 aromatic rings. The van der Waals surface area contributed by atoms with E-state index in [0.717, 1.165) is 16.9 Å². The standard InChI is InChI=1S/C19H20FNO3/c1-3-24-18(22)19(20)17(15-7-5-4-6-8-15)21(19)13-14-9-11-16(23-2)12-10-14/h4-12,17H,3,13H2,1-2H3. The molecular weight excluding hydrogens is 309 g/mol.